The first kappa shape index (κ1) is 22.5. The molecule has 1 unspecified atom stereocenters. The Morgan fingerprint density at radius 2 is 1.84 bits per heavy atom. The molecular weight excluding hydrogens is 424 g/mol. The lowest BCUT2D eigenvalue weighted by Crippen LogP contribution is -2.67. The Balaban J connectivity index is 1.67. The molecule has 0 aromatic heterocycles. The Hall–Kier alpha value is -1.71. The van der Waals surface area contributed by atoms with E-state index >= 15 is 0 Å². The van der Waals surface area contributed by atoms with Gasteiger partial charge in [-0.05, 0) is 55.7 Å². The van der Waals surface area contributed by atoms with E-state index in [2.05, 4.69) is 0 Å². The summed E-state index contributed by atoms with van der Waals surface area (Å²) in [5.41, 5.74) is 0.672. The topological polar surface area (TPSA) is 109 Å². The van der Waals surface area contributed by atoms with Crippen LogP contribution in [0.1, 0.15) is 30.5 Å². The maximum Gasteiger partial charge on any atom is 0.225 e. The molecular formula is C23H27ClO7. The summed E-state index contributed by atoms with van der Waals surface area (Å²) in [5.74, 6) is -0.946. The zero-order valence-corrected chi connectivity index (χ0v) is 18.1. The summed E-state index contributed by atoms with van der Waals surface area (Å²) in [6.45, 7) is 3.78. The summed E-state index contributed by atoms with van der Waals surface area (Å²) in [6.07, 6.45) is -5.25. The number of benzene rings is 2. The fraction of sp³-hybridized carbons (Fsp3) is 0.478. The van der Waals surface area contributed by atoms with Gasteiger partial charge < -0.3 is 34.6 Å². The predicted molar refractivity (Wildman–Crippen MR) is 113 cm³/mol. The van der Waals surface area contributed by atoms with Gasteiger partial charge in [-0.25, -0.2) is 0 Å². The van der Waals surface area contributed by atoms with E-state index in [0.29, 0.717) is 23.6 Å². The van der Waals surface area contributed by atoms with Crippen LogP contribution in [-0.2, 0) is 21.7 Å². The van der Waals surface area contributed by atoms with Crippen LogP contribution in [0.25, 0.3) is 0 Å². The van der Waals surface area contributed by atoms with Crippen LogP contribution >= 0.6 is 11.6 Å². The summed E-state index contributed by atoms with van der Waals surface area (Å²) < 4.78 is 17.3. The first-order chi connectivity index (χ1) is 14.7. The average molecular weight is 451 g/mol. The van der Waals surface area contributed by atoms with Crippen molar-refractivity contribution in [1.82, 2.24) is 0 Å². The summed E-state index contributed by atoms with van der Waals surface area (Å²) in [5, 5.41) is 42.5. The quantitative estimate of drug-likeness (QED) is 0.531. The highest BCUT2D eigenvalue weighted by Gasteiger charge is 2.68. The fourth-order valence-electron chi connectivity index (χ4n) is 4.32. The minimum Gasteiger partial charge on any atom is -0.494 e. The maximum atomic E-state index is 10.8. The van der Waals surface area contributed by atoms with E-state index in [0.717, 1.165) is 16.9 Å². The van der Waals surface area contributed by atoms with Crippen molar-refractivity contribution in [2.75, 3.05) is 13.2 Å². The van der Waals surface area contributed by atoms with E-state index in [1.807, 2.05) is 31.2 Å². The Morgan fingerprint density at radius 1 is 1.13 bits per heavy atom. The zero-order valence-electron chi connectivity index (χ0n) is 17.4. The van der Waals surface area contributed by atoms with Crippen LogP contribution in [0.4, 0.5) is 0 Å². The first-order valence-electron chi connectivity index (χ1n) is 10.3. The minimum absolute atomic E-state index is 0.184. The second kappa shape index (κ2) is 8.33. The van der Waals surface area contributed by atoms with Gasteiger partial charge in [0, 0.05) is 10.6 Å². The third-order valence-corrected chi connectivity index (χ3v) is 6.54. The molecule has 0 spiro atoms. The van der Waals surface area contributed by atoms with E-state index in [9.17, 15) is 20.4 Å². The van der Waals surface area contributed by atoms with Crippen LogP contribution in [0.5, 0.6) is 5.75 Å². The molecule has 2 aromatic carbocycles. The molecule has 6 atom stereocenters. The van der Waals surface area contributed by atoms with Crippen LogP contribution in [0, 0.1) is 0 Å². The summed E-state index contributed by atoms with van der Waals surface area (Å²) >= 11 is 6.43. The van der Waals surface area contributed by atoms with Crippen molar-refractivity contribution < 1.29 is 34.6 Å². The normalized spacial score (nSPS) is 33.3. The number of hydrogen-bond donors (Lipinski definition) is 4. The number of hydrogen-bond acceptors (Lipinski definition) is 7. The molecule has 2 aliphatic rings. The molecule has 0 saturated carbocycles. The molecule has 31 heavy (non-hydrogen) atoms. The van der Waals surface area contributed by atoms with Gasteiger partial charge >= 0.3 is 0 Å². The number of halogens is 1. The van der Waals surface area contributed by atoms with Crippen molar-refractivity contribution in [3.05, 3.63) is 64.2 Å². The van der Waals surface area contributed by atoms with Crippen molar-refractivity contribution in [2.24, 2.45) is 0 Å². The van der Waals surface area contributed by atoms with Crippen LogP contribution in [0.15, 0.2) is 42.5 Å². The van der Waals surface area contributed by atoms with Gasteiger partial charge in [-0.3, -0.25) is 0 Å². The molecule has 168 valence electrons. The summed E-state index contributed by atoms with van der Waals surface area (Å²) in [4.78, 5) is 0. The Morgan fingerprint density at radius 3 is 2.48 bits per heavy atom. The van der Waals surface area contributed by atoms with Crippen molar-refractivity contribution in [1.29, 1.82) is 0 Å². The summed E-state index contributed by atoms with van der Waals surface area (Å²) in [6, 6.07) is 12.7. The van der Waals surface area contributed by atoms with Gasteiger partial charge in [0.2, 0.25) is 5.79 Å². The molecule has 4 rings (SSSR count). The number of fused-ring (bicyclic) bond motifs is 2. The van der Waals surface area contributed by atoms with E-state index in [-0.39, 0.29) is 6.61 Å². The van der Waals surface area contributed by atoms with Crippen LogP contribution in [0.3, 0.4) is 0 Å². The van der Waals surface area contributed by atoms with Gasteiger partial charge in [0.05, 0.1) is 19.3 Å². The molecule has 8 heteroatoms. The molecule has 4 N–H and O–H groups in total. The Bertz CT molecular complexity index is 934. The smallest absolute Gasteiger partial charge is 0.225 e. The van der Waals surface area contributed by atoms with Crippen molar-refractivity contribution in [2.45, 2.75) is 56.1 Å². The Labute approximate surface area is 185 Å². The highest BCUT2D eigenvalue weighted by Crippen LogP contribution is 2.51. The molecule has 0 amide bonds. The van der Waals surface area contributed by atoms with Crippen LogP contribution in [-0.4, -0.2) is 63.7 Å². The number of rotatable bonds is 6. The SMILES string of the molecule is CCOc1ccc(Cc2cc([C@]34OC[C@](C(C)O)(O3)[C@@H](O)[C@H](O)[C@H]4O)ccc2Cl)cc1. The molecule has 0 radical (unpaired) electrons. The summed E-state index contributed by atoms with van der Waals surface area (Å²) in [7, 11) is 0. The van der Waals surface area contributed by atoms with Gasteiger partial charge in [-0.1, -0.05) is 29.8 Å². The second-order valence-electron chi connectivity index (χ2n) is 8.13. The minimum atomic E-state index is -1.73. The largest absolute Gasteiger partial charge is 0.494 e. The molecule has 7 nitrogen and oxygen atoms in total. The van der Waals surface area contributed by atoms with Gasteiger partial charge in [0.1, 0.15) is 29.7 Å². The first-order valence-corrected chi connectivity index (χ1v) is 10.7. The van der Waals surface area contributed by atoms with E-state index < -0.39 is 35.8 Å². The molecule has 2 aliphatic heterocycles. The predicted octanol–water partition coefficient (Wildman–Crippen LogP) is 1.74. The lowest BCUT2D eigenvalue weighted by molar-refractivity contribution is -0.336. The van der Waals surface area contributed by atoms with E-state index in [4.69, 9.17) is 25.8 Å². The molecule has 2 bridgehead atoms. The van der Waals surface area contributed by atoms with E-state index in [1.165, 1.54) is 6.92 Å². The number of aliphatic hydroxyl groups excluding tert-OH is 4. The number of ether oxygens (including phenoxy) is 3. The monoisotopic (exact) mass is 450 g/mol. The third-order valence-electron chi connectivity index (χ3n) is 6.18. The number of aliphatic hydroxyl groups is 4. The highest BCUT2D eigenvalue weighted by atomic mass is 35.5. The van der Waals surface area contributed by atoms with Gasteiger partial charge in [-0.15, -0.1) is 0 Å². The van der Waals surface area contributed by atoms with Gasteiger partial charge in [-0.2, -0.15) is 0 Å². The average Bonchev–Trinajstić information content (AvgIpc) is 3.15. The van der Waals surface area contributed by atoms with Crippen LogP contribution in [0.2, 0.25) is 5.02 Å². The molecule has 0 aliphatic carbocycles. The Kier molecular flexibility index (Phi) is 6.04. The van der Waals surface area contributed by atoms with Crippen molar-refractivity contribution in [3.8, 4) is 5.75 Å². The fourth-order valence-corrected chi connectivity index (χ4v) is 4.51. The van der Waals surface area contributed by atoms with Gasteiger partial charge in [0.25, 0.3) is 0 Å². The third kappa shape index (κ3) is 3.64. The maximum absolute atomic E-state index is 10.8. The molecule has 2 aromatic rings. The van der Waals surface area contributed by atoms with Crippen molar-refractivity contribution >= 4 is 11.6 Å². The zero-order chi connectivity index (χ0) is 22.4. The lowest BCUT2D eigenvalue weighted by atomic mass is 9.81. The van der Waals surface area contributed by atoms with Crippen molar-refractivity contribution in [3.63, 3.8) is 0 Å². The van der Waals surface area contributed by atoms with Crippen LogP contribution < -0.4 is 4.74 Å². The standard InChI is InChI=1S/C23H27ClO7/c1-3-29-17-7-4-14(5-8-17)10-15-11-16(6-9-18(15)24)23-21(28)19(26)20(27)22(31-23,12-30-23)13(2)25/h4-9,11,13,19-21,25-28H,3,10,12H2,1-2H3/t13?,19-,20-,21+,22+,23-/m0/s1. The lowest BCUT2D eigenvalue weighted by Gasteiger charge is -2.47. The molecule has 2 heterocycles. The molecule has 2 saturated heterocycles. The highest BCUT2D eigenvalue weighted by molar-refractivity contribution is 6.31. The second-order valence-corrected chi connectivity index (χ2v) is 8.54. The molecule has 2 fully saturated rings. The van der Waals surface area contributed by atoms with Gasteiger partial charge in [0.15, 0.2) is 0 Å². The van der Waals surface area contributed by atoms with E-state index in [1.54, 1.807) is 18.2 Å².